The van der Waals surface area contributed by atoms with Crippen molar-refractivity contribution in [3.8, 4) is 5.69 Å². The largest absolute Gasteiger partial charge is 0.378 e. The SMILES string of the molecule is Cc1ccc(-n2cc(CN3C[C@H]4COC[C@@H](C3)C(=O)N4)cn2)cc1. The summed E-state index contributed by atoms with van der Waals surface area (Å²) < 4.78 is 7.48. The number of aryl methyl sites for hydroxylation is 1. The average Bonchev–Trinajstić information content (AvgIpc) is 2.86. The first-order chi connectivity index (χ1) is 11.7. The number of benzene rings is 1. The van der Waals surface area contributed by atoms with E-state index in [1.54, 1.807) is 0 Å². The molecule has 0 aliphatic carbocycles. The van der Waals surface area contributed by atoms with Crippen LogP contribution < -0.4 is 5.32 Å². The minimum Gasteiger partial charge on any atom is -0.378 e. The Balaban J connectivity index is 1.48. The number of nitrogens with one attached hydrogen (secondary N) is 1. The highest BCUT2D eigenvalue weighted by Crippen LogP contribution is 2.17. The third kappa shape index (κ3) is 3.20. The minimum atomic E-state index is -0.0790. The van der Waals surface area contributed by atoms with Gasteiger partial charge in [-0.15, -0.1) is 0 Å². The third-order valence-electron chi connectivity index (χ3n) is 4.65. The van der Waals surface area contributed by atoms with Crippen LogP contribution in [0.2, 0.25) is 0 Å². The Morgan fingerprint density at radius 3 is 2.92 bits per heavy atom. The fourth-order valence-corrected chi connectivity index (χ4v) is 3.39. The van der Waals surface area contributed by atoms with E-state index in [-0.39, 0.29) is 17.9 Å². The summed E-state index contributed by atoms with van der Waals surface area (Å²) in [4.78, 5) is 14.4. The summed E-state index contributed by atoms with van der Waals surface area (Å²) in [5, 5.41) is 7.54. The van der Waals surface area contributed by atoms with E-state index >= 15 is 0 Å². The van der Waals surface area contributed by atoms with Gasteiger partial charge in [0.1, 0.15) is 0 Å². The number of nitrogens with zero attached hydrogens (tertiary/aromatic N) is 3. The zero-order valence-corrected chi connectivity index (χ0v) is 13.8. The topological polar surface area (TPSA) is 59.4 Å². The lowest BCUT2D eigenvalue weighted by molar-refractivity contribution is -0.125. The molecule has 2 fully saturated rings. The summed E-state index contributed by atoms with van der Waals surface area (Å²) in [7, 11) is 0. The Kier molecular flexibility index (Phi) is 4.08. The van der Waals surface area contributed by atoms with Crippen molar-refractivity contribution in [1.29, 1.82) is 0 Å². The van der Waals surface area contributed by atoms with Crippen molar-refractivity contribution in [2.24, 2.45) is 5.92 Å². The number of rotatable bonds is 3. The van der Waals surface area contributed by atoms with Gasteiger partial charge in [-0.05, 0) is 19.1 Å². The van der Waals surface area contributed by atoms with Gasteiger partial charge in [0.15, 0.2) is 0 Å². The van der Waals surface area contributed by atoms with Gasteiger partial charge in [0, 0.05) is 31.4 Å². The maximum absolute atomic E-state index is 12.1. The molecule has 0 unspecified atom stereocenters. The molecule has 6 nitrogen and oxygen atoms in total. The fraction of sp³-hybridized carbons (Fsp3) is 0.444. The second kappa shape index (κ2) is 6.37. The molecule has 1 aromatic carbocycles. The number of amides is 1. The highest BCUT2D eigenvalue weighted by molar-refractivity contribution is 5.79. The molecule has 2 aliphatic rings. The minimum absolute atomic E-state index is 0.0790. The maximum atomic E-state index is 12.1. The molecule has 2 aliphatic heterocycles. The molecule has 6 heteroatoms. The summed E-state index contributed by atoms with van der Waals surface area (Å²) in [6.45, 7) is 5.54. The quantitative estimate of drug-likeness (QED) is 0.918. The lowest BCUT2D eigenvalue weighted by Crippen LogP contribution is -2.41. The fourth-order valence-electron chi connectivity index (χ4n) is 3.39. The van der Waals surface area contributed by atoms with Gasteiger partial charge in [0.25, 0.3) is 0 Å². The van der Waals surface area contributed by atoms with Crippen molar-refractivity contribution in [2.75, 3.05) is 26.3 Å². The van der Waals surface area contributed by atoms with Crippen LogP contribution in [-0.2, 0) is 16.1 Å². The summed E-state index contributed by atoms with van der Waals surface area (Å²) in [5.74, 6) is 0.0417. The second-order valence-corrected chi connectivity index (χ2v) is 6.76. The van der Waals surface area contributed by atoms with Crippen LogP contribution in [0.1, 0.15) is 11.1 Å². The first-order valence-electron chi connectivity index (χ1n) is 8.38. The number of carbonyl (C=O) groups excluding carboxylic acids is 1. The zero-order valence-electron chi connectivity index (χ0n) is 13.8. The van der Waals surface area contributed by atoms with Crippen molar-refractivity contribution in [2.45, 2.75) is 19.5 Å². The number of fused-ring (bicyclic) bond motifs is 3. The summed E-state index contributed by atoms with van der Waals surface area (Å²) in [5.41, 5.74) is 3.45. The van der Waals surface area contributed by atoms with Crippen LogP contribution in [0, 0.1) is 12.8 Å². The molecule has 2 aromatic rings. The average molecular weight is 326 g/mol. The Bertz CT molecular complexity index is 725. The van der Waals surface area contributed by atoms with Crippen molar-refractivity contribution in [1.82, 2.24) is 20.0 Å². The van der Waals surface area contributed by atoms with E-state index in [0.29, 0.717) is 13.2 Å². The Labute approximate surface area is 141 Å². The van der Waals surface area contributed by atoms with E-state index in [2.05, 4.69) is 52.7 Å². The number of aromatic nitrogens is 2. The second-order valence-electron chi connectivity index (χ2n) is 6.76. The van der Waals surface area contributed by atoms with Crippen LogP contribution in [0.25, 0.3) is 5.69 Å². The van der Waals surface area contributed by atoms with E-state index in [9.17, 15) is 4.79 Å². The van der Waals surface area contributed by atoms with Gasteiger partial charge in [0.2, 0.25) is 5.91 Å². The summed E-state index contributed by atoms with van der Waals surface area (Å²) in [6.07, 6.45) is 3.98. The normalized spacial score (nSPS) is 24.5. The molecule has 1 N–H and O–H groups in total. The zero-order chi connectivity index (χ0) is 16.5. The predicted molar refractivity (Wildman–Crippen MR) is 89.8 cm³/mol. The van der Waals surface area contributed by atoms with Crippen LogP contribution in [0.15, 0.2) is 36.7 Å². The first kappa shape index (κ1) is 15.4. The first-order valence-corrected chi connectivity index (χ1v) is 8.38. The number of ether oxygens (including phenoxy) is 1. The highest BCUT2D eigenvalue weighted by Gasteiger charge is 2.33. The highest BCUT2D eigenvalue weighted by atomic mass is 16.5. The van der Waals surface area contributed by atoms with Crippen LogP contribution >= 0.6 is 0 Å². The van der Waals surface area contributed by atoms with Crippen LogP contribution in [0.5, 0.6) is 0 Å². The van der Waals surface area contributed by atoms with Gasteiger partial charge in [0.05, 0.1) is 37.1 Å². The van der Waals surface area contributed by atoms with Crippen LogP contribution in [-0.4, -0.2) is 52.9 Å². The number of hydrogen-bond acceptors (Lipinski definition) is 4. The maximum Gasteiger partial charge on any atom is 0.227 e. The van der Waals surface area contributed by atoms with E-state index < -0.39 is 0 Å². The molecule has 0 saturated carbocycles. The molecule has 1 amide bonds. The molecular formula is C18H22N4O2. The predicted octanol–water partition coefficient (Wildman–Crippen LogP) is 1.13. The van der Waals surface area contributed by atoms with Gasteiger partial charge in [-0.3, -0.25) is 9.69 Å². The van der Waals surface area contributed by atoms with Crippen LogP contribution in [0.4, 0.5) is 0 Å². The monoisotopic (exact) mass is 326 g/mol. The van der Waals surface area contributed by atoms with E-state index in [4.69, 9.17) is 4.74 Å². The smallest absolute Gasteiger partial charge is 0.227 e. The molecule has 1 aromatic heterocycles. The number of carbonyl (C=O) groups is 1. The summed E-state index contributed by atoms with van der Waals surface area (Å²) >= 11 is 0. The molecule has 2 bridgehead atoms. The molecule has 3 heterocycles. The van der Waals surface area contributed by atoms with Gasteiger partial charge < -0.3 is 10.1 Å². The Morgan fingerprint density at radius 1 is 1.25 bits per heavy atom. The van der Waals surface area contributed by atoms with E-state index in [1.807, 2.05) is 10.9 Å². The van der Waals surface area contributed by atoms with E-state index in [1.165, 1.54) is 5.56 Å². The lowest BCUT2D eigenvalue weighted by atomic mass is 10.1. The van der Waals surface area contributed by atoms with Crippen molar-refractivity contribution < 1.29 is 9.53 Å². The van der Waals surface area contributed by atoms with E-state index in [0.717, 1.165) is 30.9 Å². The number of hydrogen-bond donors (Lipinski definition) is 1. The molecule has 24 heavy (non-hydrogen) atoms. The molecule has 126 valence electrons. The van der Waals surface area contributed by atoms with Gasteiger partial charge in [-0.1, -0.05) is 17.7 Å². The molecule has 0 radical (unpaired) electrons. The van der Waals surface area contributed by atoms with Crippen LogP contribution in [0.3, 0.4) is 0 Å². The van der Waals surface area contributed by atoms with Gasteiger partial charge >= 0.3 is 0 Å². The molecule has 0 spiro atoms. The Morgan fingerprint density at radius 2 is 2.08 bits per heavy atom. The summed E-state index contributed by atoms with van der Waals surface area (Å²) in [6, 6.07) is 8.40. The Hall–Kier alpha value is -2.18. The van der Waals surface area contributed by atoms with Gasteiger partial charge in [-0.2, -0.15) is 5.10 Å². The third-order valence-corrected chi connectivity index (χ3v) is 4.65. The molecule has 2 atom stereocenters. The van der Waals surface area contributed by atoms with Crippen molar-refractivity contribution in [3.63, 3.8) is 0 Å². The molecular weight excluding hydrogens is 304 g/mol. The lowest BCUT2D eigenvalue weighted by Gasteiger charge is -2.26. The van der Waals surface area contributed by atoms with Crippen molar-refractivity contribution >= 4 is 5.91 Å². The van der Waals surface area contributed by atoms with Crippen molar-refractivity contribution in [3.05, 3.63) is 47.8 Å². The molecule has 4 rings (SSSR count). The standard InChI is InChI=1S/C18H22N4O2/c1-13-2-4-17(5-3-13)22-8-14(6-19-22)7-21-9-15-11-24-12-16(10-21)20-18(15)23/h2-6,8,15-16H,7,9-12H2,1H3,(H,20,23)/t15-,16+/m1/s1. The molecule has 2 saturated heterocycles. The van der Waals surface area contributed by atoms with Gasteiger partial charge in [-0.25, -0.2) is 4.68 Å².